The van der Waals surface area contributed by atoms with Gasteiger partial charge in [0.2, 0.25) is 18.2 Å². The van der Waals surface area contributed by atoms with Crippen molar-refractivity contribution in [3.8, 4) is 5.88 Å². The number of fused-ring (bicyclic) bond motifs is 1. The number of aromatic nitrogens is 2. The number of anilines is 1. The fourth-order valence-electron chi connectivity index (χ4n) is 3.19. The quantitative estimate of drug-likeness (QED) is 0.876. The SMILES string of the molecule is COc1nc(NC=O)nc2cccc(C3CCCCC3)c12. The van der Waals surface area contributed by atoms with Crippen molar-refractivity contribution < 1.29 is 9.53 Å². The molecule has 0 unspecified atom stereocenters. The third-order valence-corrected chi connectivity index (χ3v) is 4.15. The molecular weight excluding hydrogens is 266 g/mol. The third kappa shape index (κ3) is 2.68. The van der Waals surface area contributed by atoms with Gasteiger partial charge in [-0.3, -0.25) is 10.1 Å². The summed E-state index contributed by atoms with van der Waals surface area (Å²) in [6.07, 6.45) is 6.85. The summed E-state index contributed by atoms with van der Waals surface area (Å²) >= 11 is 0. The molecule has 0 atom stereocenters. The number of methoxy groups -OCH3 is 1. The number of hydrogen-bond donors (Lipinski definition) is 1. The molecule has 0 spiro atoms. The van der Waals surface area contributed by atoms with E-state index >= 15 is 0 Å². The first-order valence-corrected chi connectivity index (χ1v) is 7.38. The number of ether oxygens (including phenoxy) is 1. The molecule has 1 heterocycles. The Bertz CT molecular complexity index is 651. The minimum Gasteiger partial charge on any atom is -0.480 e. The second-order valence-corrected chi connectivity index (χ2v) is 5.39. The molecule has 1 aliphatic carbocycles. The van der Waals surface area contributed by atoms with E-state index in [1.54, 1.807) is 7.11 Å². The van der Waals surface area contributed by atoms with Gasteiger partial charge in [0.05, 0.1) is 18.0 Å². The lowest BCUT2D eigenvalue weighted by Gasteiger charge is -2.23. The van der Waals surface area contributed by atoms with Crippen LogP contribution in [-0.4, -0.2) is 23.5 Å². The Kier molecular flexibility index (Phi) is 3.99. The van der Waals surface area contributed by atoms with E-state index in [1.807, 2.05) is 12.1 Å². The van der Waals surface area contributed by atoms with Crippen molar-refractivity contribution in [2.45, 2.75) is 38.0 Å². The standard InChI is InChI=1S/C16H19N3O2/c1-21-15-14-12(11-6-3-2-4-7-11)8-5-9-13(14)18-16(19-15)17-10-20/h5,8-11H,2-4,6-7H2,1H3,(H,17,18,19,20). The number of carbonyl (C=O) groups is 1. The van der Waals surface area contributed by atoms with Crippen LogP contribution in [0.15, 0.2) is 18.2 Å². The molecular formula is C16H19N3O2. The van der Waals surface area contributed by atoms with Crippen LogP contribution >= 0.6 is 0 Å². The highest BCUT2D eigenvalue weighted by Crippen LogP contribution is 2.38. The predicted molar refractivity (Wildman–Crippen MR) is 81.6 cm³/mol. The lowest BCUT2D eigenvalue weighted by molar-refractivity contribution is -0.105. The molecule has 1 aliphatic rings. The molecule has 0 radical (unpaired) electrons. The Morgan fingerprint density at radius 3 is 2.76 bits per heavy atom. The second kappa shape index (κ2) is 6.08. The second-order valence-electron chi connectivity index (χ2n) is 5.39. The number of carbonyl (C=O) groups excluding carboxylic acids is 1. The van der Waals surface area contributed by atoms with E-state index in [-0.39, 0.29) is 5.95 Å². The zero-order chi connectivity index (χ0) is 14.7. The predicted octanol–water partition coefficient (Wildman–Crippen LogP) is 3.25. The van der Waals surface area contributed by atoms with Crippen LogP contribution in [0.4, 0.5) is 5.95 Å². The van der Waals surface area contributed by atoms with Crippen LogP contribution in [0.5, 0.6) is 5.88 Å². The highest BCUT2D eigenvalue weighted by atomic mass is 16.5. The van der Waals surface area contributed by atoms with Gasteiger partial charge in [-0.2, -0.15) is 4.98 Å². The highest BCUT2D eigenvalue weighted by Gasteiger charge is 2.21. The van der Waals surface area contributed by atoms with Crippen molar-refractivity contribution >= 4 is 23.3 Å². The zero-order valence-corrected chi connectivity index (χ0v) is 12.1. The van der Waals surface area contributed by atoms with E-state index in [1.165, 1.54) is 37.7 Å². The number of hydrogen-bond acceptors (Lipinski definition) is 4. The van der Waals surface area contributed by atoms with Crippen LogP contribution in [0.1, 0.15) is 43.6 Å². The topological polar surface area (TPSA) is 64.1 Å². The first kappa shape index (κ1) is 13.8. The van der Waals surface area contributed by atoms with Crippen molar-refractivity contribution in [1.82, 2.24) is 9.97 Å². The molecule has 5 heteroatoms. The number of nitrogens with one attached hydrogen (secondary N) is 1. The molecule has 1 amide bonds. The van der Waals surface area contributed by atoms with Gasteiger partial charge in [-0.05, 0) is 30.4 Å². The summed E-state index contributed by atoms with van der Waals surface area (Å²) in [6, 6.07) is 6.10. The normalized spacial score (nSPS) is 15.9. The Morgan fingerprint density at radius 2 is 2.05 bits per heavy atom. The molecule has 1 aromatic carbocycles. The summed E-state index contributed by atoms with van der Waals surface area (Å²) in [6.45, 7) is 0. The van der Waals surface area contributed by atoms with E-state index in [2.05, 4.69) is 21.4 Å². The molecule has 1 N–H and O–H groups in total. The average molecular weight is 285 g/mol. The summed E-state index contributed by atoms with van der Waals surface area (Å²) < 4.78 is 5.44. The van der Waals surface area contributed by atoms with Crippen molar-refractivity contribution in [2.75, 3.05) is 12.4 Å². The lowest BCUT2D eigenvalue weighted by Crippen LogP contribution is -2.08. The van der Waals surface area contributed by atoms with Crippen molar-refractivity contribution in [1.29, 1.82) is 0 Å². The van der Waals surface area contributed by atoms with Crippen LogP contribution in [0.25, 0.3) is 10.9 Å². The third-order valence-electron chi connectivity index (χ3n) is 4.15. The molecule has 3 rings (SSSR count). The van der Waals surface area contributed by atoms with Gasteiger partial charge in [0.25, 0.3) is 0 Å². The molecule has 21 heavy (non-hydrogen) atoms. The lowest BCUT2D eigenvalue weighted by atomic mass is 9.83. The van der Waals surface area contributed by atoms with Crippen LogP contribution in [-0.2, 0) is 4.79 Å². The molecule has 5 nitrogen and oxygen atoms in total. The van der Waals surface area contributed by atoms with E-state index in [0.29, 0.717) is 18.2 Å². The molecule has 2 aromatic rings. The minimum atomic E-state index is 0.273. The molecule has 0 aliphatic heterocycles. The van der Waals surface area contributed by atoms with Gasteiger partial charge in [0, 0.05) is 0 Å². The minimum absolute atomic E-state index is 0.273. The first-order chi connectivity index (χ1) is 10.3. The van der Waals surface area contributed by atoms with Gasteiger partial charge >= 0.3 is 0 Å². The molecule has 1 aromatic heterocycles. The summed E-state index contributed by atoms with van der Waals surface area (Å²) in [4.78, 5) is 19.3. The van der Waals surface area contributed by atoms with Gasteiger partial charge in [-0.15, -0.1) is 0 Å². The molecule has 1 saturated carbocycles. The van der Waals surface area contributed by atoms with Crippen LogP contribution < -0.4 is 10.1 Å². The molecule has 0 saturated heterocycles. The zero-order valence-electron chi connectivity index (χ0n) is 12.1. The van der Waals surface area contributed by atoms with Crippen LogP contribution in [0.3, 0.4) is 0 Å². The first-order valence-electron chi connectivity index (χ1n) is 7.38. The van der Waals surface area contributed by atoms with E-state index in [4.69, 9.17) is 4.74 Å². The summed E-state index contributed by atoms with van der Waals surface area (Å²) in [5.74, 6) is 1.35. The summed E-state index contributed by atoms with van der Waals surface area (Å²) in [5.41, 5.74) is 2.08. The number of amides is 1. The highest BCUT2D eigenvalue weighted by molar-refractivity contribution is 5.89. The Hall–Kier alpha value is -2.17. The molecule has 110 valence electrons. The van der Waals surface area contributed by atoms with Gasteiger partial charge in [0.15, 0.2) is 0 Å². The Labute approximate surface area is 123 Å². The fourth-order valence-corrected chi connectivity index (χ4v) is 3.19. The maximum atomic E-state index is 10.6. The maximum Gasteiger partial charge on any atom is 0.233 e. The Balaban J connectivity index is 2.14. The van der Waals surface area contributed by atoms with E-state index in [9.17, 15) is 4.79 Å². The van der Waals surface area contributed by atoms with E-state index < -0.39 is 0 Å². The fraction of sp³-hybridized carbons (Fsp3) is 0.438. The van der Waals surface area contributed by atoms with Gasteiger partial charge in [-0.1, -0.05) is 31.4 Å². The number of benzene rings is 1. The van der Waals surface area contributed by atoms with Gasteiger partial charge < -0.3 is 4.74 Å². The van der Waals surface area contributed by atoms with Gasteiger partial charge in [0.1, 0.15) is 0 Å². The van der Waals surface area contributed by atoms with Crippen LogP contribution in [0.2, 0.25) is 0 Å². The smallest absolute Gasteiger partial charge is 0.233 e. The number of rotatable bonds is 4. The van der Waals surface area contributed by atoms with Crippen molar-refractivity contribution in [3.63, 3.8) is 0 Å². The largest absolute Gasteiger partial charge is 0.480 e. The maximum absolute atomic E-state index is 10.6. The van der Waals surface area contributed by atoms with Crippen LogP contribution in [0, 0.1) is 0 Å². The average Bonchev–Trinajstić information content (AvgIpc) is 2.54. The molecule has 0 bridgehead atoms. The summed E-state index contributed by atoms with van der Waals surface area (Å²) in [7, 11) is 1.60. The van der Waals surface area contributed by atoms with E-state index in [0.717, 1.165) is 10.9 Å². The van der Waals surface area contributed by atoms with Crippen molar-refractivity contribution in [3.05, 3.63) is 23.8 Å². The number of nitrogens with zero attached hydrogens (tertiary/aromatic N) is 2. The summed E-state index contributed by atoms with van der Waals surface area (Å²) in [5, 5.41) is 3.47. The Morgan fingerprint density at radius 1 is 1.24 bits per heavy atom. The van der Waals surface area contributed by atoms with Crippen molar-refractivity contribution in [2.24, 2.45) is 0 Å². The molecule has 1 fully saturated rings. The monoisotopic (exact) mass is 285 g/mol. The van der Waals surface area contributed by atoms with Gasteiger partial charge in [-0.25, -0.2) is 4.98 Å².